The number of anilines is 1. The van der Waals surface area contributed by atoms with E-state index in [2.05, 4.69) is 5.32 Å². The Morgan fingerprint density at radius 3 is 2.54 bits per heavy atom. The van der Waals surface area contributed by atoms with Crippen LogP contribution >= 0.6 is 0 Å². The van der Waals surface area contributed by atoms with Crippen LogP contribution in [0.4, 0.5) is 10.5 Å². The summed E-state index contributed by atoms with van der Waals surface area (Å²) in [5.74, 6) is 0.664. The number of hydrogen-bond donors (Lipinski definition) is 1. The molecule has 0 saturated carbocycles. The molecule has 3 amide bonds. The molecule has 0 aliphatic carbocycles. The van der Waals surface area contributed by atoms with Crippen molar-refractivity contribution in [1.82, 2.24) is 10.2 Å². The number of nitrogens with zero attached hydrogens (tertiary/aromatic N) is 2. The SMILES string of the molecule is COCCN(CCOC)C(=O)N[C@H]1CC(=O)N(c2cccc(OC)c2)C1. The number of amides is 3. The third-order valence-electron chi connectivity index (χ3n) is 4.24. The van der Waals surface area contributed by atoms with Gasteiger partial charge in [-0.1, -0.05) is 6.07 Å². The van der Waals surface area contributed by atoms with E-state index in [1.54, 1.807) is 31.1 Å². The van der Waals surface area contributed by atoms with Gasteiger partial charge in [0.25, 0.3) is 0 Å². The second-order valence-corrected chi connectivity index (χ2v) is 6.03. The first-order valence-electron chi connectivity index (χ1n) is 8.56. The lowest BCUT2D eigenvalue weighted by Crippen LogP contribution is -2.47. The summed E-state index contributed by atoms with van der Waals surface area (Å²) in [7, 11) is 4.77. The minimum atomic E-state index is -0.242. The fourth-order valence-electron chi connectivity index (χ4n) is 2.82. The van der Waals surface area contributed by atoms with Gasteiger partial charge >= 0.3 is 6.03 Å². The van der Waals surface area contributed by atoms with Gasteiger partial charge < -0.3 is 29.3 Å². The summed E-state index contributed by atoms with van der Waals surface area (Å²) < 4.78 is 15.3. The van der Waals surface area contributed by atoms with Crippen molar-refractivity contribution in [3.05, 3.63) is 24.3 Å². The lowest BCUT2D eigenvalue weighted by atomic mass is 10.2. The normalized spacial score (nSPS) is 16.7. The van der Waals surface area contributed by atoms with E-state index < -0.39 is 0 Å². The number of carbonyl (C=O) groups excluding carboxylic acids is 2. The van der Waals surface area contributed by atoms with Crippen molar-refractivity contribution in [3.8, 4) is 5.75 Å². The number of hydrogen-bond acceptors (Lipinski definition) is 5. The molecule has 8 heteroatoms. The van der Waals surface area contributed by atoms with Gasteiger partial charge in [0.2, 0.25) is 5.91 Å². The molecule has 1 saturated heterocycles. The topological polar surface area (TPSA) is 80.3 Å². The van der Waals surface area contributed by atoms with Crippen molar-refractivity contribution < 1.29 is 23.8 Å². The number of rotatable bonds is 9. The number of nitrogens with one attached hydrogen (secondary N) is 1. The molecule has 0 bridgehead atoms. The van der Waals surface area contributed by atoms with Gasteiger partial charge in [-0.25, -0.2) is 4.79 Å². The maximum atomic E-state index is 12.5. The van der Waals surface area contributed by atoms with Gasteiger partial charge in [0.1, 0.15) is 5.75 Å². The van der Waals surface area contributed by atoms with Gasteiger partial charge in [-0.3, -0.25) is 4.79 Å². The minimum absolute atomic E-state index is 0.0242. The average Bonchev–Trinajstić information content (AvgIpc) is 3.01. The third-order valence-corrected chi connectivity index (χ3v) is 4.24. The summed E-state index contributed by atoms with van der Waals surface area (Å²) in [4.78, 5) is 28.2. The quantitative estimate of drug-likeness (QED) is 0.709. The van der Waals surface area contributed by atoms with Crippen molar-refractivity contribution in [1.29, 1.82) is 0 Å². The van der Waals surface area contributed by atoms with E-state index in [0.29, 0.717) is 38.6 Å². The number of benzene rings is 1. The maximum absolute atomic E-state index is 12.5. The van der Waals surface area contributed by atoms with E-state index in [0.717, 1.165) is 5.69 Å². The molecule has 26 heavy (non-hydrogen) atoms. The molecule has 8 nitrogen and oxygen atoms in total. The van der Waals surface area contributed by atoms with Gasteiger partial charge in [-0.2, -0.15) is 0 Å². The summed E-state index contributed by atoms with van der Waals surface area (Å²) in [6, 6.07) is 6.87. The summed E-state index contributed by atoms with van der Waals surface area (Å²) in [6.45, 7) is 2.24. The Hall–Kier alpha value is -2.32. The molecule has 1 N–H and O–H groups in total. The van der Waals surface area contributed by atoms with Gasteiger partial charge in [0.05, 0.1) is 26.4 Å². The number of ether oxygens (including phenoxy) is 3. The van der Waals surface area contributed by atoms with E-state index >= 15 is 0 Å². The van der Waals surface area contributed by atoms with Crippen LogP contribution in [0.25, 0.3) is 0 Å². The Balaban J connectivity index is 1.97. The van der Waals surface area contributed by atoms with E-state index in [9.17, 15) is 9.59 Å². The highest BCUT2D eigenvalue weighted by Gasteiger charge is 2.32. The van der Waals surface area contributed by atoms with E-state index in [4.69, 9.17) is 14.2 Å². The number of methoxy groups -OCH3 is 3. The predicted octanol–water partition coefficient (Wildman–Crippen LogP) is 1.10. The second kappa shape index (κ2) is 9.98. The minimum Gasteiger partial charge on any atom is -0.497 e. The first-order valence-corrected chi connectivity index (χ1v) is 8.56. The lowest BCUT2D eigenvalue weighted by molar-refractivity contribution is -0.117. The summed E-state index contributed by atoms with van der Waals surface area (Å²) >= 11 is 0. The van der Waals surface area contributed by atoms with Crippen LogP contribution in [0.5, 0.6) is 5.75 Å². The molecule has 1 aromatic rings. The molecule has 1 fully saturated rings. The molecule has 1 atom stereocenters. The fraction of sp³-hybridized carbons (Fsp3) is 0.556. The van der Waals surface area contributed by atoms with E-state index in [1.807, 2.05) is 24.3 Å². The van der Waals surface area contributed by atoms with Crippen molar-refractivity contribution >= 4 is 17.6 Å². The highest BCUT2D eigenvalue weighted by Crippen LogP contribution is 2.25. The highest BCUT2D eigenvalue weighted by atomic mass is 16.5. The molecule has 1 aromatic carbocycles. The Kier molecular flexibility index (Phi) is 7.68. The van der Waals surface area contributed by atoms with Crippen molar-refractivity contribution in [2.75, 3.05) is 59.1 Å². The third kappa shape index (κ3) is 5.34. The van der Waals surface area contributed by atoms with E-state index in [-0.39, 0.29) is 24.4 Å². The molecule has 0 unspecified atom stereocenters. The number of urea groups is 1. The van der Waals surface area contributed by atoms with Crippen LogP contribution in [-0.4, -0.2) is 77.1 Å². The Morgan fingerprint density at radius 2 is 1.92 bits per heavy atom. The Bertz CT molecular complexity index is 602. The molecule has 144 valence electrons. The Morgan fingerprint density at radius 1 is 1.23 bits per heavy atom. The molecule has 2 rings (SSSR count). The molecule has 0 aromatic heterocycles. The standard InChI is InChI=1S/C18H27N3O5/c1-24-9-7-20(8-10-25-2)18(23)19-14-11-17(22)21(13-14)15-5-4-6-16(12-15)26-3/h4-6,12,14H,7-11,13H2,1-3H3,(H,19,23)/t14-/m0/s1. The molecule has 0 radical (unpaired) electrons. The van der Waals surface area contributed by atoms with Gasteiger partial charge in [-0.05, 0) is 12.1 Å². The zero-order chi connectivity index (χ0) is 18.9. The largest absolute Gasteiger partial charge is 0.497 e. The molecule has 1 aliphatic rings. The molecule has 0 spiro atoms. The van der Waals surface area contributed by atoms with E-state index in [1.165, 1.54) is 0 Å². The fourth-order valence-corrected chi connectivity index (χ4v) is 2.82. The maximum Gasteiger partial charge on any atom is 0.317 e. The molecular weight excluding hydrogens is 338 g/mol. The zero-order valence-corrected chi connectivity index (χ0v) is 15.6. The zero-order valence-electron chi connectivity index (χ0n) is 15.6. The van der Waals surface area contributed by atoms with Crippen LogP contribution in [0.1, 0.15) is 6.42 Å². The molecular formula is C18H27N3O5. The van der Waals surface area contributed by atoms with Crippen LogP contribution in [0.3, 0.4) is 0 Å². The Labute approximate surface area is 154 Å². The molecule has 1 heterocycles. The summed E-state index contributed by atoms with van der Waals surface area (Å²) in [6.07, 6.45) is 0.269. The highest BCUT2D eigenvalue weighted by molar-refractivity contribution is 5.97. The smallest absolute Gasteiger partial charge is 0.317 e. The van der Waals surface area contributed by atoms with Crippen LogP contribution in [0.2, 0.25) is 0 Å². The van der Waals surface area contributed by atoms with Gasteiger partial charge in [0.15, 0.2) is 0 Å². The second-order valence-electron chi connectivity index (χ2n) is 6.03. The average molecular weight is 365 g/mol. The van der Waals surface area contributed by atoms with Gasteiger partial charge in [0, 0.05) is 52.0 Å². The van der Waals surface area contributed by atoms with Crippen LogP contribution in [-0.2, 0) is 14.3 Å². The van der Waals surface area contributed by atoms with Crippen LogP contribution < -0.4 is 15.0 Å². The summed E-state index contributed by atoms with van der Waals surface area (Å²) in [5.41, 5.74) is 0.765. The monoisotopic (exact) mass is 365 g/mol. The van der Waals surface area contributed by atoms with Crippen molar-refractivity contribution in [2.45, 2.75) is 12.5 Å². The number of carbonyl (C=O) groups is 2. The predicted molar refractivity (Wildman–Crippen MR) is 97.6 cm³/mol. The van der Waals surface area contributed by atoms with Crippen LogP contribution in [0, 0.1) is 0 Å². The lowest BCUT2D eigenvalue weighted by Gasteiger charge is -2.24. The first-order chi connectivity index (χ1) is 12.6. The van der Waals surface area contributed by atoms with Crippen molar-refractivity contribution in [3.63, 3.8) is 0 Å². The first kappa shape index (κ1) is 20.0. The summed E-state index contributed by atoms with van der Waals surface area (Å²) in [5, 5.41) is 2.94. The van der Waals surface area contributed by atoms with Crippen LogP contribution in [0.15, 0.2) is 24.3 Å². The van der Waals surface area contributed by atoms with Gasteiger partial charge in [-0.15, -0.1) is 0 Å². The molecule has 1 aliphatic heterocycles. The van der Waals surface area contributed by atoms with Crippen molar-refractivity contribution in [2.24, 2.45) is 0 Å².